The number of thiophene rings is 1. The van der Waals surface area contributed by atoms with E-state index in [0.717, 1.165) is 15.9 Å². The van der Waals surface area contributed by atoms with Crippen LogP contribution in [0.5, 0.6) is 0 Å². The van der Waals surface area contributed by atoms with Gasteiger partial charge in [0, 0.05) is 12.4 Å². The summed E-state index contributed by atoms with van der Waals surface area (Å²) in [6.07, 6.45) is -1.14. The number of para-hydroxylation sites is 2. The predicted molar refractivity (Wildman–Crippen MR) is 148 cm³/mol. The molecule has 1 unspecified atom stereocenters. The van der Waals surface area contributed by atoms with Crippen LogP contribution in [0.2, 0.25) is 5.02 Å². The van der Waals surface area contributed by atoms with Gasteiger partial charge in [0.1, 0.15) is 15.4 Å². The molecule has 3 aromatic heterocycles. The lowest BCUT2D eigenvalue weighted by atomic mass is 10.3. The minimum Gasteiger partial charge on any atom is -0.448 e. The van der Waals surface area contributed by atoms with Gasteiger partial charge >= 0.3 is 5.97 Å². The molecule has 0 saturated carbocycles. The first-order chi connectivity index (χ1) is 18.2. The first-order valence-electron chi connectivity index (χ1n) is 11.8. The zero-order valence-corrected chi connectivity index (χ0v) is 22.6. The van der Waals surface area contributed by atoms with Crippen LogP contribution in [-0.2, 0) is 16.6 Å². The van der Waals surface area contributed by atoms with Crippen LogP contribution in [0.25, 0.3) is 21.6 Å². The number of hydrogen-bond acceptors (Lipinski definition) is 6. The van der Waals surface area contributed by atoms with E-state index in [1.807, 2.05) is 43.3 Å². The second-order valence-electron chi connectivity index (χ2n) is 8.75. The number of anilines is 1. The van der Waals surface area contributed by atoms with Crippen molar-refractivity contribution in [2.75, 3.05) is 5.32 Å². The van der Waals surface area contributed by atoms with Crippen molar-refractivity contribution in [3.05, 3.63) is 92.3 Å². The number of nitrogens with one attached hydrogen (secondary N) is 1. The van der Waals surface area contributed by atoms with Crippen molar-refractivity contribution < 1.29 is 14.3 Å². The third-order valence-corrected chi connectivity index (χ3v) is 7.69. The first kappa shape index (κ1) is 25.5. The fourth-order valence-electron chi connectivity index (χ4n) is 4.14. The van der Waals surface area contributed by atoms with Gasteiger partial charge in [-0.2, -0.15) is 5.10 Å². The predicted octanol–water partition coefficient (Wildman–Crippen LogP) is 5.03. The largest absolute Gasteiger partial charge is 0.448 e. The fourth-order valence-corrected chi connectivity index (χ4v) is 5.42. The third kappa shape index (κ3) is 4.42. The van der Waals surface area contributed by atoms with Gasteiger partial charge in [0.2, 0.25) is 0 Å². The number of benzene rings is 2. The van der Waals surface area contributed by atoms with E-state index in [1.54, 1.807) is 47.6 Å². The van der Waals surface area contributed by atoms with Crippen LogP contribution in [0.1, 0.15) is 28.0 Å². The zero-order chi connectivity index (χ0) is 27.1. The highest BCUT2D eigenvalue weighted by Crippen LogP contribution is 2.33. The van der Waals surface area contributed by atoms with Crippen molar-refractivity contribution in [2.45, 2.75) is 26.9 Å². The van der Waals surface area contributed by atoms with Gasteiger partial charge in [0.15, 0.2) is 6.10 Å². The lowest BCUT2D eigenvalue weighted by molar-refractivity contribution is -0.123. The molecule has 0 aliphatic heterocycles. The summed E-state index contributed by atoms with van der Waals surface area (Å²) < 4.78 is 10.3. The number of esters is 1. The highest BCUT2D eigenvalue weighted by molar-refractivity contribution is 7.20. The molecule has 1 amide bonds. The van der Waals surface area contributed by atoms with Gasteiger partial charge in [0.25, 0.3) is 11.5 Å². The number of carbonyl (C=O) groups is 2. The second-order valence-corrected chi connectivity index (χ2v) is 10.2. The molecule has 0 bridgehead atoms. The second kappa shape index (κ2) is 9.96. The van der Waals surface area contributed by atoms with Gasteiger partial charge in [-0.15, -0.1) is 11.3 Å². The minimum absolute atomic E-state index is 0.126. The molecule has 0 aliphatic rings. The van der Waals surface area contributed by atoms with E-state index in [9.17, 15) is 14.4 Å². The lowest BCUT2D eigenvalue weighted by Crippen LogP contribution is -2.32. The maximum atomic E-state index is 13.1. The van der Waals surface area contributed by atoms with Crippen LogP contribution >= 0.6 is 22.9 Å². The molecule has 0 aliphatic carbocycles. The summed E-state index contributed by atoms with van der Waals surface area (Å²) in [4.78, 5) is 40.0. The number of nitrogens with zero attached hydrogens (tertiary/aromatic N) is 4. The molecule has 38 heavy (non-hydrogen) atoms. The molecule has 0 radical (unpaired) electrons. The molecule has 5 aromatic rings. The Morgan fingerprint density at radius 1 is 1.08 bits per heavy atom. The van der Waals surface area contributed by atoms with Gasteiger partial charge in [-0.25, -0.2) is 14.2 Å². The van der Waals surface area contributed by atoms with E-state index < -0.39 is 18.0 Å². The molecule has 3 heterocycles. The average molecular weight is 550 g/mol. The molecule has 1 atom stereocenters. The third-order valence-electron chi connectivity index (χ3n) is 6.28. The Balaban J connectivity index is 1.35. The quantitative estimate of drug-likeness (QED) is 0.299. The summed E-state index contributed by atoms with van der Waals surface area (Å²) in [7, 11) is 1.73. The molecule has 194 valence electrons. The Bertz CT molecular complexity index is 1750. The van der Waals surface area contributed by atoms with E-state index in [0.29, 0.717) is 27.0 Å². The molecule has 0 saturated heterocycles. The van der Waals surface area contributed by atoms with E-state index in [-0.39, 0.29) is 11.2 Å². The Morgan fingerprint density at radius 3 is 2.47 bits per heavy atom. The Labute approximate surface area is 226 Å². The maximum absolute atomic E-state index is 13.1. The minimum atomic E-state index is -1.14. The van der Waals surface area contributed by atoms with E-state index in [4.69, 9.17) is 16.3 Å². The van der Waals surface area contributed by atoms with Crippen LogP contribution in [0.4, 0.5) is 5.69 Å². The van der Waals surface area contributed by atoms with Gasteiger partial charge < -0.3 is 10.1 Å². The molecule has 9 nitrogen and oxygen atoms in total. The summed E-state index contributed by atoms with van der Waals surface area (Å²) in [6.45, 7) is 5.04. The van der Waals surface area contributed by atoms with Crippen LogP contribution in [0, 0.1) is 13.8 Å². The van der Waals surface area contributed by atoms with Crippen LogP contribution in [0.3, 0.4) is 0 Å². The van der Waals surface area contributed by atoms with Crippen molar-refractivity contribution >= 4 is 50.7 Å². The zero-order valence-electron chi connectivity index (χ0n) is 21.1. The number of hydrogen-bond donors (Lipinski definition) is 1. The van der Waals surface area contributed by atoms with E-state index in [2.05, 4.69) is 10.4 Å². The number of ether oxygens (including phenoxy) is 1. The van der Waals surface area contributed by atoms with E-state index in [1.165, 1.54) is 22.9 Å². The molecule has 5 rings (SSSR count). The smallest absolute Gasteiger partial charge is 0.349 e. The Kier molecular flexibility index (Phi) is 6.68. The van der Waals surface area contributed by atoms with Crippen molar-refractivity contribution in [1.82, 2.24) is 19.1 Å². The number of amides is 1. The summed E-state index contributed by atoms with van der Waals surface area (Å²) >= 11 is 7.56. The summed E-state index contributed by atoms with van der Waals surface area (Å²) in [5.41, 5.74) is 2.40. The standard InChI is InChI=1S/C27H24ClN5O4S/c1-15-19-14-22(38-26(19)32(30-15)21-13-9-8-12-20(21)28)27(36)37-17(3)24(34)29-23-16(2)31(4)33(25(23)35)18-10-6-5-7-11-18/h5-14,17H,1-4H3,(H,29,34). The molecular formula is C27H24ClN5O4S. The van der Waals surface area contributed by atoms with E-state index >= 15 is 0 Å². The number of fused-ring (bicyclic) bond motifs is 1. The topological polar surface area (TPSA) is 100 Å². The molecule has 11 heteroatoms. The fraction of sp³-hybridized carbons (Fsp3) is 0.185. The number of aromatic nitrogens is 4. The molecule has 0 fully saturated rings. The molecule has 1 N–H and O–H groups in total. The number of aryl methyl sites for hydroxylation is 1. The van der Waals surface area contributed by atoms with Crippen LogP contribution in [-0.4, -0.2) is 37.1 Å². The van der Waals surface area contributed by atoms with Gasteiger partial charge in [-0.1, -0.05) is 41.9 Å². The van der Waals surface area contributed by atoms with Gasteiger partial charge in [-0.05, 0) is 51.1 Å². The summed E-state index contributed by atoms with van der Waals surface area (Å²) in [5.74, 6) is -1.26. The van der Waals surface area contributed by atoms with Crippen LogP contribution < -0.4 is 10.9 Å². The van der Waals surface area contributed by atoms with Crippen molar-refractivity contribution in [3.8, 4) is 11.4 Å². The van der Waals surface area contributed by atoms with Gasteiger partial charge in [0.05, 0.1) is 27.8 Å². The number of halogens is 1. The Hall–Kier alpha value is -4.15. The highest BCUT2D eigenvalue weighted by atomic mass is 35.5. The average Bonchev–Trinajstić information content (AvgIpc) is 3.53. The number of carbonyl (C=O) groups excluding carboxylic acids is 2. The summed E-state index contributed by atoms with van der Waals surface area (Å²) in [6, 6.07) is 18.1. The van der Waals surface area contributed by atoms with Crippen molar-refractivity contribution in [1.29, 1.82) is 0 Å². The summed E-state index contributed by atoms with van der Waals surface area (Å²) in [5, 5.41) is 8.52. The van der Waals surface area contributed by atoms with Crippen LogP contribution in [0.15, 0.2) is 65.5 Å². The molecule has 0 spiro atoms. The van der Waals surface area contributed by atoms with Crippen molar-refractivity contribution in [3.63, 3.8) is 0 Å². The number of rotatable bonds is 6. The SMILES string of the molecule is Cc1nn(-c2ccccc2Cl)c2sc(C(=O)OC(C)C(=O)Nc3c(C)n(C)n(-c4ccccc4)c3=O)cc12. The molecular weight excluding hydrogens is 526 g/mol. The highest BCUT2D eigenvalue weighted by Gasteiger charge is 2.25. The normalized spacial score (nSPS) is 12.0. The first-order valence-corrected chi connectivity index (χ1v) is 13.0. The monoisotopic (exact) mass is 549 g/mol. The Morgan fingerprint density at radius 2 is 1.76 bits per heavy atom. The van der Waals surface area contributed by atoms with Gasteiger partial charge in [-0.3, -0.25) is 14.3 Å². The molecule has 2 aromatic carbocycles. The van der Waals surface area contributed by atoms with Crippen molar-refractivity contribution in [2.24, 2.45) is 7.05 Å². The lowest BCUT2D eigenvalue weighted by Gasteiger charge is -2.12. The maximum Gasteiger partial charge on any atom is 0.349 e.